The number of carbonyl (C=O) groups is 1. The van der Waals surface area contributed by atoms with Crippen molar-refractivity contribution in [2.75, 3.05) is 6.61 Å². The van der Waals surface area contributed by atoms with Gasteiger partial charge in [-0.2, -0.15) is 0 Å². The average Bonchev–Trinajstić information content (AvgIpc) is 2.72. The van der Waals surface area contributed by atoms with Gasteiger partial charge in [-0.3, -0.25) is 4.79 Å². The Morgan fingerprint density at radius 2 is 1.21 bits per heavy atom. The van der Waals surface area contributed by atoms with Crippen LogP contribution in [0, 0.1) is 5.92 Å². The molecule has 0 aliphatic rings. The van der Waals surface area contributed by atoms with Gasteiger partial charge in [0.2, 0.25) is 0 Å². The number of carbonyl (C=O) groups excluding carboxylic acids is 1. The molecule has 29 heavy (non-hydrogen) atoms. The number of hydrogen-bond acceptors (Lipinski definition) is 3. The first-order valence-electron chi connectivity index (χ1n) is 13.0. The summed E-state index contributed by atoms with van der Waals surface area (Å²) in [6.07, 6.45) is 21.8. The van der Waals surface area contributed by atoms with Crippen LogP contribution in [0.25, 0.3) is 0 Å². The van der Waals surface area contributed by atoms with Gasteiger partial charge in [-0.1, -0.05) is 111 Å². The molecule has 0 heterocycles. The molecule has 3 heteroatoms. The second-order valence-electron chi connectivity index (χ2n) is 8.97. The van der Waals surface area contributed by atoms with Crippen LogP contribution in [0.15, 0.2) is 0 Å². The van der Waals surface area contributed by atoms with E-state index in [0.29, 0.717) is 18.9 Å². The average molecular weight is 413 g/mol. The Balaban J connectivity index is 3.36. The summed E-state index contributed by atoms with van der Waals surface area (Å²) in [5.41, 5.74) is 0. The van der Waals surface area contributed by atoms with Crippen LogP contribution < -0.4 is 0 Å². The zero-order valence-electron chi connectivity index (χ0n) is 20.1. The second-order valence-corrected chi connectivity index (χ2v) is 8.97. The van der Waals surface area contributed by atoms with Crippen molar-refractivity contribution in [3.8, 4) is 0 Å². The van der Waals surface area contributed by atoms with Crippen molar-refractivity contribution < 1.29 is 14.6 Å². The molecule has 3 nitrogen and oxygen atoms in total. The van der Waals surface area contributed by atoms with Gasteiger partial charge in [-0.25, -0.2) is 0 Å². The maximum absolute atomic E-state index is 11.9. The Morgan fingerprint density at radius 3 is 1.76 bits per heavy atom. The lowest BCUT2D eigenvalue weighted by Crippen LogP contribution is -2.13. The van der Waals surface area contributed by atoms with Crippen molar-refractivity contribution in [2.24, 2.45) is 5.92 Å². The third-order valence-corrected chi connectivity index (χ3v) is 6.08. The van der Waals surface area contributed by atoms with Crippen LogP contribution in [-0.2, 0) is 9.53 Å². The van der Waals surface area contributed by atoms with E-state index in [2.05, 4.69) is 20.8 Å². The van der Waals surface area contributed by atoms with Crippen LogP contribution >= 0.6 is 0 Å². The Labute approximate surface area is 182 Å². The van der Waals surface area contributed by atoms with Crippen LogP contribution in [-0.4, -0.2) is 23.8 Å². The molecule has 2 atom stereocenters. The lowest BCUT2D eigenvalue weighted by molar-refractivity contribution is -0.145. The predicted octanol–water partition coefficient (Wildman–Crippen LogP) is 7.98. The molecular formula is C26H52O3. The van der Waals surface area contributed by atoms with E-state index in [4.69, 9.17) is 4.74 Å². The van der Waals surface area contributed by atoms with Gasteiger partial charge in [0.1, 0.15) is 0 Å². The molecule has 0 aromatic rings. The monoisotopic (exact) mass is 412 g/mol. The zero-order chi connectivity index (χ0) is 21.6. The SMILES string of the molecule is CCCCCCC(O)CCCCCCCCCCC(=O)OCC(CC)CCCC. The fraction of sp³-hybridized carbons (Fsp3) is 0.962. The summed E-state index contributed by atoms with van der Waals surface area (Å²) in [6, 6.07) is 0. The van der Waals surface area contributed by atoms with Crippen molar-refractivity contribution in [1.82, 2.24) is 0 Å². The van der Waals surface area contributed by atoms with Gasteiger partial charge in [-0.15, -0.1) is 0 Å². The van der Waals surface area contributed by atoms with Crippen LogP contribution in [0.1, 0.15) is 143 Å². The number of unbranched alkanes of at least 4 members (excludes halogenated alkanes) is 11. The maximum atomic E-state index is 11.9. The molecule has 174 valence electrons. The van der Waals surface area contributed by atoms with E-state index >= 15 is 0 Å². The molecule has 0 fully saturated rings. The Hall–Kier alpha value is -0.570. The molecule has 0 saturated carbocycles. The number of esters is 1. The highest BCUT2D eigenvalue weighted by Crippen LogP contribution is 2.15. The van der Waals surface area contributed by atoms with Gasteiger partial charge < -0.3 is 9.84 Å². The van der Waals surface area contributed by atoms with Crippen LogP contribution in [0.3, 0.4) is 0 Å². The maximum Gasteiger partial charge on any atom is 0.305 e. The van der Waals surface area contributed by atoms with E-state index in [9.17, 15) is 9.90 Å². The van der Waals surface area contributed by atoms with Gasteiger partial charge in [0.25, 0.3) is 0 Å². The second kappa shape index (κ2) is 22.1. The van der Waals surface area contributed by atoms with E-state index in [1.165, 1.54) is 77.0 Å². The van der Waals surface area contributed by atoms with Gasteiger partial charge in [-0.05, 0) is 31.6 Å². The van der Waals surface area contributed by atoms with E-state index in [0.717, 1.165) is 38.5 Å². The summed E-state index contributed by atoms with van der Waals surface area (Å²) in [5, 5.41) is 9.98. The van der Waals surface area contributed by atoms with E-state index in [1.54, 1.807) is 0 Å². The summed E-state index contributed by atoms with van der Waals surface area (Å²) in [7, 11) is 0. The molecule has 0 saturated heterocycles. The minimum atomic E-state index is -0.0779. The first-order chi connectivity index (χ1) is 14.1. The molecule has 0 rings (SSSR count). The van der Waals surface area contributed by atoms with Crippen LogP contribution in [0.2, 0.25) is 0 Å². The Morgan fingerprint density at radius 1 is 0.690 bits per heavy atom. The number of hydrogen-bond donors (Lipinski definition) is 1. The van der Waals surface area contributed by atoms with E-state index < -0.39 is 0 Å². The summed E-state index contributed by atoms with van der Waals surface area (Å²) in [6.45, 7) is 7.23. The van der Waals surface area contributed by atoms with Crippen molar-refractivity contribution in [3.05, 3.63) is 0 Å². The molecular weight excluding hydrogens is 360 g/mol. The first-order valence-corrected chi connectivity index (χ1v) is 13.0. The number of aliphatic hydroxyl groups excluding tert-OH is 1. The molecule has 2 unspecified atom stereocenters. The third-order valence-electron chi connectivity index (χ3n) is 6.08. The zero-order valence-corrected chi connectivity index (χ0v) is 20.1. The van der Waals surface area contributed by atoms with Crippen molar-refractivity contribution in [3.63, 3.8) is 0 Å². The largest absolute Gasteiger partial charge is 0.465 e. The molecule has 0 bridgehead atoms. The standard InChI is InChI=1S/C26H52O3/c1-4-7-9-16-20-25(27)21-17-14-12-10-11-13-15-18-22-26(28)29-23-24(6-3)19-8-5-2/h24-25,27H,4-23H2,1-3H3. The highest BCUT2D eigenvalue weighted by Gasteiger charge is 2.09. The van der Waals surface area contributed by atoms with E-state index in [-0.39, 0.29) is 12.1 Å². The van der Waals surface area contributed by atoms with Gasteiger partial charge in [0.05, 0.1) is 12.7 Å². The minimum Gasteiger partial charge on any atom is -0.465 e. The van der Waals surface area contributed by atoms with Crippen molar-refractivity contribution in [2.45, 2.75) is 149 Å². The quantitative estimate of drug-likeness (QED) is 0.145. The molecule has 0 aromatic heterocycles. The molecule has 0 amide bonds. The highest BCUT2D eigenvalue weighted by atomic mass is 16.5. The summed E-state index contributed by atoms with van der Waals surface area (Å²) < 4.78 is 5.46. The van der Waals surface area contributed by atoms with Crippen molar-refractivity contribution >= 4 is 5.97 Å². The normalized spacial score (nSPS) is 13.4. The molecule has 0 aliphatic carbocycles. The van der Waals surface area contributed by atoms with Crippen LogP contribution in [0.4, 0.5) is 0 Å². The molecule has 0 spiro atoms. The van der Waals surface area contributed by atoms with Crippen molar-refractivity contribution in [1.29, 1.82) is 0 Å². The molecule has 0 aromatic carbocycles. The van der Waals surface area contributed by atoms with E-state index in [1.807, 2.05) is 0 Å². The first kappa shape index (κ1) is 28.4. The lowest BCUT2D eigenvalue weighted by atomic mass is 10.0. The fourth-order valence-electron chi connectivity index (χ4n) is 3.84. The third kappa shape index (κ3) is 20.5. The van der Waals surface area contributed by atoms with Gasteiger partial charge in [0.15, 0.2) is 0 Å². The van der Waals surface area contributed by atoms with Crippen LogP contribution in [0.5, 0.6) is 0 Å². The summed E-state index contributed by atoms with van der Waals surface area (Å²) >= 11 is 0. The Kier molecular flexibility index (Phi) is 21.7. The molecule has 0 radical (unpaired) electrons. The number of rotatable bonds is 22. The summed E-state index contributed by atoms with van der Waals surface area (Å²) in [5.74, 6) is 0.536. The topological polar surface area (TPSA) is 46.5 Å². The number of ether oxygens (including phenoxy) is 1. The number of aliphatic hydroxyl groups is 1. The lowest BCUT2D eigenvalue weighted by Gasteiger charge is -2.14. The molecule has 1 N–H and O–H groups in total. The fourth-order valence-corrected chi connectivity index (χ4v) is 3.84. The van der Waals surface area contributed by atoms with Gasteiger partial charge >= 0.3 is 5.97 Å². The van der Waals surface area contributed by atoms with Gasteiger partial charge in [0, 0.05) is 6.42 Å². The minimum absolute atomic E-state index is 0.00630. The summed E-state index contributed by atoms with van der Waals surface area (Å²) in [4.78, 5) is 11.9. The smallest absolute Gasteiger partial charge is 0.305 e. The Bertz CT molecular complexity index is 343. The predicted molar refractivity (Wildman–Crippen MR) is 125 cm³/mol. The molecule has 0 aliphatic heterocycles. The highest BCUT2D eigenvalue weighted by molar-refractivity contribution is 5.69.